The van der Waals surface area contributed by atoms with Crippen molar-refractivity contribution in [2.24, 2.45) is 0 Å². The lowest BCUT2D eigenvalue weighted by Crippen LogP contribution is -1.80. The first-order valence-electron chi connectivity index (χ1n) is 5.34. The summed E-state index contributed by atoms with van der Waals surface area (Å²) in [6, 6.07) is 15.4. The van der Waals surface area contributed by atoms with Crippen LogP contribution in [0.4, 0.5) is 5.69 Å². The molecule has 0 aliphatic carbocycles. The van der Waals surface area contributed by atoms with Gasteiger partial charge in [0.25, 0.3) is 0 Å². The maximum Gasteiger partial charge on any atom is 0.200 e. The molecule has 2 nitrogen and oxygen atoms in total. The molecule has 2 aromatic carbocycles. The Hall–Kier alpha value is -2.23. The van der Waals surface area contributed by atoms with Gasteiger partial charge in [-0.3, -0.25) is 0 Å². The summed E-state index contributed by atoms with van der Waals surface area (Å²) in [7, 11) is 0. The van der Waals surface area contributed by atoms with E-state index in [9.17, 15) is 0 Å². The lowest BCUT2D eigenvalue weighted by Gasteiger charge is -2.06. The average Bonchev–Trinajstić information content (AvgIpc) is 2.46. The molecule has 0 unspecified atom stereocenters. The quantitative estimate of drug-likeness (QED) is 0.580. The Bertz CT molecular complexity index is 646. The number of hydrogen-bond acceptors (Lipinski definition) is 2. The summed E-state index contributed by atoms with van der Waals surface area (Å²) < 4.78 is 0. The van der Waals surface area contributed by atoms with Crippen molar-refractivity contribution < 1.29 is 0 Å². The standard InChI is InChI=1S/C15H10N2S/c1-17-14-8-7-13(9-15(14)18-2)12-5-3-11(10-16)4-6-12/h3-9H,2H3. The lowest BCUT2D eigenvalue weighted by atomic mass is 10.0. The molecule has 0 fully saturated rings. The summed E-state index contributed by atoms with van der Waals surface area (Å²) >= 11 is 1.57. The number of hydrogen-bond donors (Lipinski definition) is 0. The smallest absolute Gasteiger partial charge is 0.200 e. The van der Waals surface area contributed by atoms with E-state index < -0.39 is 0 Å². The van der Waals surface area contributed by atoms with Crippen LogP contribution in [0.1, 0.15) is 5.56 Å². The van der Waals surface area contributed by atoms with Gasteiger partial charge in [0.2, 0.25) is 5.69 Å². The third-order valence-electron chi connectivity index (χ3n) is 2.65. The van der Waals surface area contributed by atoms with Gasteiger partial charge < -0.3 is 0 Å². The van der Waals surface area contributed by atoms with E-state index in [2.05, 4.69) is 10.9 Å². The van der Waals surface area contributed by atoms with Crippen molar-refractivity contribution in [2.45, 2.75) is 4.90 Å². The molecule has 86 valence electrons. The van der Waals surface area contributed by atoms with Crippen LogP contribution in [0, 0.1) is 17.9 Å². The molecule has 0 amide bonds. The third-order valence-corrected chi connectivity index (χ3v) is 3.41. The molecule has 0 aliphatic rings. The van der Waals surface area contributed by atoms with E-state index >= 15 is 0 Å². The van der Waals surface area contributed by atoms with E-state index in [1.165, 1.54) is 0 Å². The summed E-state index contributed by atoms with van der Waals surface area (Å²) in [4.78, 5) is 4.47. The Morgan fingerprint density at radius 1 is 1.11 bits per heavy atom. The topological polar surface area (TPSA) is 28.1 Å². The highest BCUT2D eigenvalue weighted by molar-refractivity contribution is 7.98. The van der Waals surface area contributed by atoms with E-state index in [0.29, 0.717) is 11.3 Å². The van der Waals surface area contributed by atoms with Crippen molar-refractivity contribution in [3.05, 3.63) is 59.4 Å². The van der Waals surface area contributed by atoms with E-state index in [1.54, 1.807) is 23.9 Å². The van der Waals surface area contributed by atoms with Gasteiger partial charge in [0.1, 0.15) is 0 Å². The molecule has 2 aromatic rings. The third kappa shape index (κ3) is 2.37. The summed E-state index contributed by atoms with van der Waals surface area (Å²) in [6.45, 7) is 7.09. The van der Waals surface area contributed by atoms with E-state index in [0.717, 1.165) is 16.0 Å². The average molecular weight is 250 g/mol. The van der Waals surface area contributed by atoms with Gasteiger partial charge in [-0.1, -0.05) is 30.3 Å². The monoisotopic (exact) mass is 250 g/mol. The fraction of sp³-hybridized carbons (Fsp3) is 0.0667. The highest BCUT2D eigenvalue weighted by Gasteiger charge is 2.04. The predicted octanol–water partition coefficient (Wildman–Crippen LogP) is 4.50. The van der Waals surface area contributed by atoms with Crippen molar-refractivity contribution in [2.75, 3.05) is 6.26 Å². The van der Waals surface area contributed by atoms with Crippen LogP contribution < -0.4 is 0 Å². The molecule has 0 bridgehead atoms. The fourth-order valence-corrected chi connectivity index (χ4v) is 2.25. The lowest BCUT2D eigenvalue weighted by molar-refractivity contribution is 1.46. The molecular weight excluding hydrogens is 240 g/mol. The van der Waals surface area contributed by atoms with Crippen LogP contribution in [-0.2, 0) is 0 Å². The van der Waals surface area contributed by atoms with E-state index in [-0.39, 0.29) is 0 Å². The van der Waals surface area contributed by atoms with Crippen LogP contribution in [0.15, 0.2) is 47.4 Å². The molecule has 0 heterocycles. The molecule has 0 spiro atoms. The largest absolute Gasteiger partial charge is 0.237 e. The molecule has 0 saturated carbocycles. The number of rotatable bonds is 2. The Morgan fingerprint density at radius 2 is 1.78 bits per heavy atom. The molecule has 0 radical (unpaired) electrons. The molecule has 0 N–H and O–H groups in total. The first-order chi connectivity index (χ1) is 8.78. The summed E-state index contributed by atoms with van der Waals surface area (Å²) in [5.41, 5.74) is 3.46. The van der Waals surface area contributed by atoms with Crippen LogP contribution in [0.3, 0.4) is 0 Å². The fourth-order valence-electron chi connectivity index (χ4n) is 1.69. The van der Waals surface area contributed by atoms with Gasteiger partial charge in [-0.25, -0.2) is 4.85 Å². The van der Waals surface area contributed by atoms with Crippen LogP contribution in [-0.4, -0.2) is 6.26 Å². The zero-order valence-corrected chi connectivity index (χ0v) is 10.7. The molecular formula is C15H10N2S. The number of thioether (sulfide) groups is 1. The second-order valence-electron chi connectivity index (χ2n) is 3.69. The number of nitriles is 1. The molecule has 0 saturated heterocycles. The summed E-state index contributed by atoms with van der Waals surface area (Å²) in [6.07, 6.45) is 1.96. The molecule has 0 aliphatic heterocycles. The van der Waals surface area contributed by atoms with Crippen molar-refractivity contribution in [1.82, 2.24) is 0 Å². The van der Waals surface area contributed by atoms with Crippen LogP contribution in [0.2, 0.25) is 0 Å². The molecule has 2 rings (SSSR count). The highest BCUT2D eigenvalue weighted by atomic mass is 32.2. The molecule has 3 heteroatoms. The molecule has 18 heavy (non-hydrogen) atoms. The van der Waals surface area contributed by atoms with Gasteiger partial charge in [0.05, 0.1) is 18.2 Å². The predicted molar refractivity (Wildman–Crippen MR) is 74.6 cm³/mol. The Balaban J connectivity index is 2.45. The molecule has 0 atom stereocenters. The van der Waals surface area contributed by atoms with Gasteiger partial charge in [0, 0.05) is 4.90 Å². The Morgan fingerprint density at radius 3 is 2.33 bits per heavy atom. The minimum Gasteiger partial charge on any atom is -0.237 e. The maximum atomic E-state index is 8.76. The number of benzene rings is 2. The van der Waals surface area contributed by atoms with Gasteiger partial charge in [0.15, 0.2) is 0 Å². The minimum absolute atomic E-state index is 0.654. The van der Waals surface area contributed by atoms with Crippen LogP contribution in [0.5, 0.6) is 0 Å². The van der Waals surface area contributed by atoms with Crippen LogP contribution in [0.25, 0.3) is 16.0 Å². The van der Waals surface area contributed by atoms with Crippen molar-refractivity contribution in [3.8, 4) is 17.2 Å². The Kier molecular flexibility index (Phi) is 3.67. The van der Waals surface area contributed by atoms with Crippen molar-refractivity contribution in [3.63, 3.8) is 0 Å². The summed E-state index contributed by atoms with van der Waals surface area (Å²) in [5.74, 6) is 0. The second kappa shape index (κ2) is 5.40. The SMILES string of the molecule is [C-]#[N+]c1ccc(-c2ccc(C#N)cc2)cc1SC. The van der Waals surface area contributed by atoms with Crippen molar-refractivity contribution in [1.29, 1.82) is 5.26 Å². The Labute approximate surface area is 111 Å². The van der Waals surface area contributed by atoms with Crippen molar-refractivity contribution >= 4 is 17.4 Å². The first-order valence-corrected chi connectivity index (χ1v) is 6.57. The van der Waals surface area contributed by atoms with E-state index in [1.807, 2.05) is 36.6 Å². The van der Waals surface area contributed by atoms with Gasteiger partial charge in [-0.15, -0.1) is 11.8 Å². The zero-order valence-electron chi connectivity index (χ0n) is 9.84. The van der Waals surface area contributed by atoms with Crippen LogP contribution >= 0.6 is 11.8 Å². The van der Waals surface area contributed by atoms with E-state index in [4.69, 9.17) is 11.8 Å². The normalized spacial score (nSPS) is 9.50. The first kappa shape index (κ1) is 12.2. The highest BCUT2D eigenvalue weighted by Crippen LogP contribution is 2.32. The molecule has 0 aromatic heterocycles. The zero-order chi connectivity index (χ0) is 13.0. The van der Waals surface area contributed by atoms with Gasteiger partial charge >= 0.3 is 0 Å². The van der Waals surface area contributed by atoms with Gasteiger partial charge in [-0.2, -0.15) is 5.26 Å². The minimum atomic E-state index is 0.654. The second-order valence-corrected chi connectivity index (χ2v) is 4.54. The number of nitrogens with zero attached hydrogens (tertiary/aromatic N) is 2. The summed E-state index contributed by atoms with van der Waals surface area (Å²) in [5, 5.41) is 8.76. The maximum absolute atomic E-state index is 8.76. The van der Waals surface area contributed by atoms with Gasteiger partial charge in [-0.05, 0) is 29.5 Å².